The van der Waals surface area contributed by atoms with Gasteiger partial charge in [-0.3, -0.25) is 19.2 Å². The second kappa shape index (κ2) is 8.23. The van der Waals surface area contributed by atoms with Gasteiger partial charge in [0.25, 0.3) is 0 Å². The van der Waals surface area contributed by atoms with Gasteiger partial charge >= 0.3 is 0 Å². The van der Waals surface area contributed by atoms with Crippen molar-refractivity contribution in [2.24, 2.45) is 11.1 Å². The van der Waals surface area contributed by atoms with Crippen LogP contribution < -0.4 is 16.4 Å². The van der Waals surface area contributed by atoms with Gasteiger partial charge in [-0.2, -0.15) is 0 Å². The van der Waals surface area contributed by atoms with E-state index in [4.69, 9.17) is 5.73 Å². The molecule has 8 nitrogen and oxygen atoms in total. The third-order valence-corrected chi connectivity index (χ3v) is 5.73. The number of carbonyl (C=O) groups excluding carboxylic acids is 4. The number of amides is 4. The second-order valence-electron chi connectivity index (χ2n) is 8.51. The molecule has 2 heterocycles. The van der Waals surface area contributed by atoms with E-state index in [1.165, 1.54) is 4.90 Å². The summed E-state index contributed by atoms with van der Waals surface area (Å²) < 4.78 is 0. The van der Waals surface area contributed by atoms with Crippen molar-refractivity contribution in [2.45, 2.75) is 57.7 Å². The lowest BCUT2D eigenvalue weighted by atomic mass is 9.84. The largest absolute Gasteiger partial charge is 0.368 e. The van der Waals surface area contributed by atoms with Crippen LogP contribution in [0.15, 0.2) is 30.3 Å². The number of hydrogen-bond acceptors (Lipinski definition) is 4. The Morgan fingerprint density at radius 1 is 1.28 bits per heavy atom. The number of primary amides is 1. The predicted octanol–water partition coefficient (Wildman–Crippen LogP) is 0.105. The van der Waals surface area contributed by atoms with E-state index in [0.29, 0.717) is 19.4 Å². The van der Waals surface area contributed by atoms with Gasteiger partial charge < -0.3 is 21.3 Å². The first-order chi connectivity index (χ1) is 13.7. The lowest BCUT2D eigenvalue weighted by molar-refractivity contribution is -0.141. The summed E-state index contributed by atoms with van der Waals surface area (Å²) in [5.74, 6) is -1.45. The quantitative estimate of drug-likeness (QED) is 0.627. The summed E-state index contributed by atoms with van der Waals surface area (Å²) in [7, 11) is 0. The van der Waals surface area contributed by atoms with Crippen LogP contribution >= 0.6 is 0 Å². The SMILES string of the molecule is CC1(C)CC(=O)N[C@@H]1C(=O)N[C@@H](Cc1ccccc1)C(=O)N1CCC[C@H]1C(N)=O. The zero-order chi connectivity index (χ0) is 21.2. The third-order valence-electron chi connectivity index (χ3n) is 5.73. The standard InChI is InChI=1S/C21H28N4O4/c1-21(2)12-16(26)24-17(21)19(28)23-14(11-13-7-4-3-5-8-13)20(29)25-10-6-9-15(25)18(22)27/h3-5,7-8,14-15,17H,6,9-12H2,1-2H3,(H2,22,27)(H,23,28)(H,24,26)/t14-,15-,17+/m0/s1. The Labute approximate surface area is 170 Å². The molecule has 3 rings (SSSR count). The molecule has 0 radical (unpaired) electrons. The van der Waals surface area contributed by atoms with Crippen LogP contribution in [-0.4, -0.2) is 53.2 Å². The number of carbonyl (C=O) groups is 4. The molecule has 3 atom stereocenters. The van der Waals surface area contributed by atoms with Gasteiger partial charge in [0.05, 0.1) is 0 Å². The molecule has 2 saturated heterocycles. The van der Waals surface area contributed by atoms with E-state index in [1.807, 2.05) is 44.2 Å². The van der Waals surface area contributed by atoms with Gasteiger partial charge in [0.1, 0.15) is 18.1 Å². The summed E-state index contributed by atoms with van der Waals surface area (Å²) in [4.78, 5) is 51.2. The zero-order valence-corrected chi connectivity index (χ0v) is 16.8. The Kier molecular flexibility index (Phi) is 5.91. The Balaban J connectivity index is 1.81. The summed E-state index contributed by atoms with van der Waals surface area (Å²) in [5, 5.41) is 5.52. The summed E-state index contributed by atoms with van der Waals surface area (Å²) in [6.45, 7) is 4.11. The van der Waals surface area contributed by atoms with Crippen molar-refractivity contribution in [1.82, 2.24) is 15.5 Å². The molecular formula is C21H28N4O4. The molecule has 0 bridgehead atoms. The normalized spacial score (nSPS) is 24.1. The number of hydrogen-bond donors (Lipinski definition) is 3. The molecular weight excluding hydrogens is 372 g/mol. The van der Waals surface area contributed by atoms with E-state index < -0.39 is 35.4 Å². The van der Waals surface area contributed by atoms with Gasteiger partial charge in [-0.05, 0) is 18.4 Å². The molecule has 29 heavy (non-hydrogen) atoms. The van der Waals surface area contributed by atoms with Crippen molar-refractivity contribution in [1.29, 1.82) is 0 Å². The lowest BCUT2D eigenvalue weighted by Crippen LogP contribution is -2.57. The average molecular weight is 400 g/mol. The fourth-order valence-corrected chi connectivity index (χ4v) is 4.18. The first-order valence-electron chi connectivity index (χ1n) is 9.92. The molecule has 2 fully saturated rings. The molecule has 1 aromatic rings. The maximum atomic E-state index is 13.3. The van der Waals surface area contributed by atoms with E-state index in [2.05, 4.69) is 10.6 Å². The first-order valence-corrected chi connectivity index (χ1v) is 9.92. The maximum absolute atomic E-state index is 13.3. The van der Waals surface area contributed by atoms with E-state index >= 15 is 0 Å². The van der Waals surface area contributed by atoms with Crippen LogP contribution in [0.5, 0.6) is 0 Å². The number of likely N-dealkylation sites (tertiary alicyclic amines) is 1. The van der Waals surface area contributed by atoms with Crippen molar-refractivity contribution in [3.8, 4) is 0 Å². The van der Waals surface area contributed by atoms with Crippen LogP contribution in [0.1, 0.15) is 38.7 Å². The Morgan fingerprint density at radius 3 is 2.55 bits per heavy atom. The number of rotatable bonds is 6. The molecule has 4 N–H and O–H groups in total. The van der Waals surface area contributed by atoms with Gasteiger partial charge in [0, 0.05) is 24.8 Å². The van der Waals surface area contributed by atoms with Crippen molar-refractivity contribution in [2.75, 3.05) is 6.54 Å². The van der Waals surface area contributed by atoms with Crippen LogP contribution in [0.4, 0.5) is 0 Å². The molecule has 4 amide bonds. The average Bonchev–Trinajstić information content (AvgIpc) is 3.25. The molecule has 0 spiro atoms. The minimum atomic E-state index is -0.849. The van der Waals surface area contributed by atoms with E-state index in [-0.39, 0.29) is 24.7 Å². The van der Waals surface area contributed by atoms with Crippen LogP contribution in [0.3, 0.4) is 0 Å². The lowest BCUT2D eigenvalue weighted by Gasteiger charge is -2.30. The number of nitrogens with two attached hydrogens (primary N) is 1. The molecule has 156 valence electrons. The fraction of sp³-hybridized carbons (Fsp3) is 0.524. The smallest absolute Gasteiger partial charge is 0.246 e. The van der Waals surface area contributed by atoms with Crippen molar-refractivity contribution < 1.29 is 19.2 Å². The summed E-state index contributed by atoms with van der Waals surface area (Å²) in [5.41, 5.74) is 5.80. The highest BCUT2D eigenvalue weighted by Crippen LogP contribution is 2.31. The van der Waals surface area contributed by atoms with Gasteiger partial charge in [-0.1, -0.05) is 44.2 Å². The van der Waals surface area contributed by atoms with Crippen molar-refractivity contribution >= 4 is 23.6 Å². The fourth-order valence-electron chi connectivity index (χ4n) is 4.18. The van der Waals surface area contributed by atoms with Gasteiger partial charge in [0.2, 0.25) is 23.6 Å². The van der Waals surface area contributed by atoms with Crippen LogP contribution in [0.2, 0.25) is 0 Å². The second-order valence-corrected chi connectivity index (χ2v) is 8.51. The minimum absolute atomic E-state index is 0.186. The summed E-state index contributed by atoms with van der Waals surface area (Å²) in [6, 6.07) is 7.14. The molecule has 0 aromatic heterocycles. The number of nitrogens with one attached hydrogen (secondary N) is 2. The maximum Gasteiger partial charge on any atom is 0.246 e. The predicted molar refractivity (Wildman–Crippen MR) is 106 cm³/mol. The topological polar surface area (TPSA) is 122 Å². The molecule has 2 aliphatic heterocycles. The van der Waals surface area contributed by atoms with Gasteiger partial charge in [0.15, 0.2) is 0 Å². The summed E-state index contributed by atoms with van der Waals surface area (Å²) >= 11 is 0. The highest BCUT2D eigenvalue weighted by Gasteiger charge is 2.45. The molecule has 1 aromatic carbocycles. The number of nitrogens with zero attached hydrogens (tertiary/aromatic N) is 1. The van der Waals surface area contributed by atoms with E-state index in [0.717, 1.165) is 5.56 Å². The monoisotopic (exact) mass is 400 g/mol. The van der Waals surface area contributed by atoms with Gasteiger partial charge in [-0.15, -0.1) is 0 Å². The molecule has 0 aliphatic carbocycles. The van der Waals surface area contributed by atoms with Gasteiger partial charge in [-0.25, -0.2) is 0 Å². The summed E-state index contributed by atoms with van der Waals surface area (Å²) in [6.07, 6.45) is 1.75. The Morgan fingerprint density at radius 2 is 1.97 bits per heavy atom. The molecule has 0 saturated carbocycles. The molecule has 0 unspecified atom stereocenters. The zero-order valence-electron chi connectivity index (χ0n) is 16.8. The highest BCUT2D eigenvalue weighted by molar-refractivity contribution is 5.96. The highest BCUT2D eigenvalue weighted by atomic mass is 16.2. The van der Waals surface area contributed by atoms with Crippen molar-refractivity contribution in [3.63, 3.8) is 0 Å². The third kappa shape index (κ3) is 4.58. The Hall–Kier alpha value is -2.90. The Bertz CT molecular complexity index is 808. The van der Waals surface area contributed by atoms with E-state index in [1.54, 1.807) is 0 Å². The van der Waals surface area contributed by atoms with Crippen LogP contribution in [0.25, 0.3) is 0 Å². The first kappa shape index (κ1) is 20.8. The van der Waals surface area contributed by atoms with E-state index in [9.17, 15) is 19.2 Å². The van der Waals surface area contributed by atoms with Crippen molar-refractivity contribution in [3.05, 3.63) is 35.9 Å². The number of benzene rings is 1. The molecule has 2 aliphatic rings. The van der Waals surface area contributed by atoms with Crippen LogP contribution in [-0.2, 0) is 25.6 Å². The van der Waals surface area contributed by atoms with Crippen LogP contribution in [0, 0.1) is 5.41 Å². The molecule has 8 heteroatoms. The minimum Gasteiger partial charge on any atom is -0.368 e.